The first-order valence-electron chi connectivity index (χ1n) is 6.22. The molecular formula is C15H21N. The number of hydrogen-bond donors (Lipinski definition) is 0. The van der Waals surface area contributed by atoms with Crippen LogP contribution in [0.25, 0.3) is 10.9 Å². The molecule has 0 aliphatic heterocycles. The zero-order valence-electron chi connectivity index (χ0n) is 10.7. The van der Waals surface area contributed by atoms with Crippen LogP contribution < -0.4 is 0 Å². The van der Waals surface area contributed by atoms with Gasteiger partial charge in [-0.25, -0.2) is 0 Å². The Morgan fingerprint density at radius 1 is 0.938 bits per heavy atom. The van der Waals surface area contributed by atoms with Gasteiger partial charge in [-0.05, 0) is 36.6 Å². The van der Waals surface area contributed by atoms with Crippen LogP contribution in [-0.4, -0.2) is 4.98 Å². The third-order valence-corrected chi connectivity index (χ3v) is 2.58. The molecule has 0 saturated carbocycles. The van der Waals surface area contributed by atoms with E-state index in [4.69, 9.17) is 0 Å². The van der Waals surface area contributed by atoms with Gasteiger partial charge < -0.3 is 0 Å². The number of aromatic nitrogens is 1. The quantitative estimate of drug-likeness (QED) is 0.724. The van der Waals surface area contributed by atoms with Crippen LogP contribution in [0, 0.1) is 0 Å². The second kappa shape index (κ2) is 6.26. The first-order chi connectivity index (χ1) is 7.83. The second-order valence-electron chi connectivity index (χ2n) is 3.54. The van der Waals surface area contributed by atoms with Gasteiger partial charge in [0.25, 0.3) is 0 Å². The molecule has 86 valence electrons. The minimum absolute atomic E-state index is 1.01. The molecule has 1 aromatic carbocycles. The summed E-state index contributed by atoms with van der Waals surface area (Å²) in [5.41, 5.74) is 3.66. The number of nitrogens with zero attached hydrogens (tertiary/aromatic N) is 1. The molecule has 1 heterocycles. The average Bonchev–Trinajstić information content (AvgIpc) is 2.39. The van der Waals surface area contributed by atoms with Gasteiger partial charge in [0, 0.05) is 11.1 Å². The lowest BCUT2D eigenvalue weighted by Crippen LogP contribution is -1.88. The van der Waals surface area contributed by atoms with Gasteiger partial charge in [-0.3, -0.25) is 4.98 Å². The van der Waals surface area contributed by atoms with Gasteiger partial charge >= 0.3 is 0 Å². The molecule has 1 heteroatoms. The molecule has 0 unspecified atom stereocenters. The average molecular weight is 215 g/mol. The summed E-state index contributed by atoms with van der Waals surface area (Å²) < 4.78 is 0. The van der Waals surface area contributed by atoms with E-state index in [1.165, 1.54) is 16.6 Å². The first-order valence-corrected chi connectivity index (χ1v) is 6.22. The van der Waals surface area contributed by atoms with Crippen molar-refractivity contribution in [1.82, 2.24) is 4.98 Å². The number of rotatable bonds is 2. The van der Waals surface area contributed by atoms with Gasteiger partial charge in [0.15, 0.2) is 0 Å². The predicted octanol–water partition coefficient (Wildman–Crippen LogP) is 4.39. The van der Waals surface area contributed by atoms with Crippen LogP contribution in [0.4, 0.5) is 0 Å². The Morgan fingerprint density at radius 2 is 1.69 bits per heavy atom. The summed E-state index contributed by atoms with van der Waals surface area (Å²) in [5.74, 6) is 0. The minimum atomic E-state index is 1.01. The summed E-state index contributed by atoms with van der Waals surface area (Å²) in [6, 6.07) is 10.8. The van der Waals surface area contributed by atoms with Gasteiger partial charge in [0.1, 0.15) is 0 Å². The Bertz CT molecular complexity index is 403. The summed E-state index contributed by atoms with van der Waals surface area (Å²) in [7, 11) is 0. The highest BCUT2D eigenvalue weighted by Gasteiger charge is 1.97. The molecule has 16 heavy (non-hydrogen) atoms. The smallest absolute Gasteiger partial charge is 0.0705 e. The van der Waals surface area contributed by atoms with E-state index in [-0.39, 0.29) is 0 Å². The van der Waals surface area contributed by atoms with E-state index in [2.05, 4.69) is 49.2 Å². The molecule has 0 aliphatic carbocycles. The summed E-state index contributed by atoms with van der Waals surface area (Å²) in [6.07, 6.45) is 2.09. The van der Waals surface area contributed by atoms with E-state index in [9.17, 15) is 0 Å². The van der Waals surface area contributed by atoms with E-state index in [1.807, 2.05) is 13.8 Å². The highest BCUT2D eigenvalue weighted by atomic mass is 14.7. The van der Waals surface area contributed by atoms with Crippen molar-refractivity contribution < 1.29 is 0 Å². The van der Waals surface area contributed by atoms with Crippen molar-refractivity contribution >= 4 is 10.9 Å². The van der Waals surface area contributed by atoms with Crippen LogP contribution in [0.3, 0.4) is 0 Å². The van der Waals surface area contributed by atoms with E-state index >= 15 is 0 Å². The highest BCUT2D eigenvalue weighted by molar-refractivity contribution is 5.79. The molecule has 2 aromatic rings. The fourth-order valence-electron chi connectivity index (χ4n) is 1.63. The first kappa shape index (κ1) is 12.7. The third kappa shape index (κ3) is 2.82. The van der Waals surface area contributed by atoms with Crippen molar-refractivity contribution in [3.05, 3.63) is 41.6 Å². The monoisotopic (exact) mass is 215 g/mol. The molecule has 0 amide bonds. The molecule has 0 spiro atoms. The van der Waals surface area contributed by atoms with Crippen LogP contribution in [0.15, 0.2) is 30.3 Å². The van der Waals surface area contributed by atoms with Crippen molar-refractivity contribution in [3.63, 3.8) is 0 Å². The molecule has 1 aromatic heterocycles. The molecular weight excluding hydrogens is 194 g/mol. The fourth-order valence-corrected chi connectivity index (χ4v) is 1.63. The van der Waals surface area contributed by atoms with E-state index < -0.39 is 0 Å². The Balaban J connectivity index is 0.000000606. The lowest BCUT2D eigenvalue weighted by molar-refractivity contribution is 1.06. The number of fused-ring (bicyclic) bond motifs is 1. The normalized spacial score (nSPS) is 9.75. The van der Waals surface area contributed by atoms with Gasteiger partial charge in [0.05, 0.1) is 5.52 Å². The maximum absolute atomic E-state index is 4.57. The van der Waals surface area contributed by atoms with Crippen LogP contribution in [0.1, 0.15) is 39.0 Å². The lowest BCUT2D eigenvalue weighted by Gasteiger charge is -2.02. The Labute approximate surface area is 98.5 Å². The van der Waals surface area contributed by atoms with Gasteiger partial charge in [-0.2, -0.15) is 0 Å². The SMILES string of the molecule is CC.CCc1ccc2nc(CC)ccc2c1. The summed E-state index contributed by atoms with van der Waals surface area (Å²) in [4.78, 5) is 4.57. The third-order valence-electron chi connectivity index (χ3n) is 2.58. The molecule has 0 radical (unpaired) electrons. The van der Waals surface area contributed by atoms with Crippen LogP contribution in [0.5, 0.6) is 0 Å². The number of pyridine rings is 1. The standard InChI is InChI=1S/C13H15N.C2H6/c1-3-10-5-8-13-11(9-10)6-7-12(4-2)14-13;1-2/h5-9H,3-4H2,1-2H3;1-2H3. The number of hydrogen-bond acceptors (Lipinski definition) is 1. The lowest BCUT2D eigenvalue weighted by atomic mass is 10.1. The van der Waals surface area contributed by atoms with E-state index in [0.29, 0.717) is 0 Å². The topological polar surface area (TPSA) is 12.9 Å². The number of benzene rings is 1. The fraction of sp³-hybridized carbons (Fsp3) is 0.400. The van der Waals surface area contributed by atoms with E-state index in [1.54, 1.807) is 0 Å². The molecule has 0 bridgehead atoms. The van der Waals surface area contributed by atoms with Crippen LogP contribution in [-0.2, 0) is 12.8 Å². The van der Waals surface area contributed by atoms with Gasteiger partial charge in [-0.1, -0.05) is 39.8 Å². The zero-order valence-corrected chi connectivity index (χ0v) is 10.7. The predicted molar refractivity (Wildman–Crippen MR) is 71.8 cm³/mol. The van der Waals surface area contributed by atoms with Crippen LogP contribution >= 0.6 is 0 Å². The van der Waals surface area contributed by atoms with Crippen molar-refractivity contribution in [3.8, 4) is 0 Å². The summed E-state index contributed by atoms with van der Waals surface area (Å²) in [6.45, 7) is 8.31. The maximum Gasteiger partial charge on any atom is 0.0705 e. The molecule has 0 atom stereocenters. The molecule has 2 rings (SSSR count). The maximum atomic E-state index is 4.57. The largest absolute Gasteiger partial charge is 0.253 e. The Morgan fingerprint density at radius 3 is 2.31 bits per heavy atom. The molecule has 0 aliphatic rings. The molecule has 0 fully saturated rings. The van der Waals surface area contributed by atoms with Crippen molar-refractivity contribution in [1.29, 1.82) is 0 Å². The summed E-state index contributed by atoms with van der Waals surface area (Å²) >= 11 is 0. The molecule has 0 saturated heterocycles. The highest BCUT2D eigenvalue weighted by Crippen LogP contribution is 2.15. The minimum Gasteiger partial charge on any atom is -0.253 e. The van der Waals surface area contributed by atoms with Crippen molar-refractivity contribution in [2.24, 2.45) is 0 Å². The number of aryl methyl sites for hydroxylation is 2. The van der Waals surface area contributed by atoms with Gasteiger partial charge in [0.2, 0.25) is 0 Å². The summed E-state index contributed by atoms with van der Waals surface area (Å²) in [5, 5.41) is 1.25. The van der Waals surface area contributed by atoms with Gasteiger partial charge in [-0.15, -0.1) is 0 Å². The second-order valence-corrected chi connectivity index (χ2v) is 3.54. The molecule has 0 N–H and O–H groups in total. The van der Waals surface area contributed by atoms with E-state index in [0.717, 1.165) is 18.4 Å². The molecule has 1 nitrogen and oxygen atoms in total. The van der Waals surface area contributed by atoms with Crippen molar-refractivity contribution in [2.75, 3.05) is 0 Å². The zero-order chi connectivity index (χ0) is 12.0. The Hall–Kier alpha value is -1.37. The van der Waals surface area contributed by atoms with Crippen LogP contribution in [0.2, 0.25) is 0 Å². The van der Waals surface area contributed by atoms with Crippen molar-refractivity contribution in [2.45, 2.75) is 40.5 Å². The Kier molecular flexibility index (Phi) is 4.97.